The molecule has 3 N–H and O–H groups in total. The standard InChI is InChI=1S/C15H19F2N3O3S/c1-14(13(21)19-23,15(2,22)12(16)17)6-8-20-7-5-10(18-20)11-4-3-9-24-11/h3-5,7,9,12,22-23H,6,8H2,1-2H3,(H,19,21). The highest BCUT2D eigenvalue weighted by Crippen LogP contribution is 2.39. The van der Waals surface area contributed by atoms with Gasteiger partial charge in [0.05, 0.1) is 10.3 Å². The fourth-order valence-corrected chi connectivity index (χ4v) is 3.03. The number of nitrogens with one attached hydrogen (secondary N) is 1. The van der Waals surface area contributed by atoms with Gasteiger partial charge in [0.1, 0.15) is 11.3 Å². The summed E-state index contributed by atoms with van der Waals surface area (Å²) >= 11 is 1.52. The molecule has 0 spiro atoms. The van der Waals surface area contributed by atoms with Crippen molar-refractivity contribution < 1.29 is 23.9 Å². The normalized spacial score (nSPS) is 16.6. The molecule has 0 bridgehead atoms. The fourth-order valence-electron chi connectivity index (χ4n) is 2.34. The zero-order chi connectivity index (χ0) is 18.0. The summed E-state index contributed by atoms with van der Waals surface area (Å²) in [7, 11) is 0. The van der Waals surface area contributed by atoms with Gasteiger partial charge in [-0.25, -0.2) is 14.3 Å². The molecule has 1 amide bonds. The van der Waals surface area contributed by atoms with Crippen LogP contribution in [0.1, 0.15) is 20.3 Å². The number of thiophene rings is 1. The van der Waals surface area contributed by atoms with Crippen LogP contribution in [0.4, 0.5) is 8.78 Å². The molecular formula is C15H19F2N3O3S. The number of hydrogen-bond donors (Lipinski definition) is 3. The largest absolute Gasteiger partial charge is 0.383 e. The molecule has 0 radical (unpaired) electrons. The number of amides is 1. The van der Waals surface area contributed by atoms with E-state index in [1.165, 1.54) is 28.4 Å². The number of halogens is 2. The maximum Gasteiger partial charge on any atom is 0.267 e. The molecule has 6 nitrogen and oxygen atoms in total. The Balaban J connectivity index is 2.18. The first-order chi connectivity index (χ1) is 11.2. The van der Waals surface area contributed by atoms with Gasteiger partial charge in [-0.15, -0.1) is 11.3 Å². The first-order valence-electron chi connectivity index (χ1n) is 7.25. The third kappa shape index (κ3) is 3.33. The molecule has 2 heterocycles. The maximum absolute atomic E-state index is 13.2. The number of rotatable bonds is 7. The Morgan fingerprint density at radius 3 is 2.71 bits per heavy atom. The third-order valence-electron chi connectivity index (χ3n) is 4.40. The van der Waals surface area contributed by atoms with E-state index in [1.54, 1.807) is 12.3 Å². The van der Waals surface area contributed by atoms with Gasteiger partial charge >= 0.3 is 0 Å². The topological polar surface area (TPSA) is 87.4 Å². The second-order valence-corrected chi connectivity index (χ2v) is 6.86. The summed E-state index contributed by atoms with van der Waals surface area (Å²) in [5.74, 6) is -1.07. The van der Waals surface area contributed by atoms with Crippen molar-refractivity contribution in [2.75, 3.05) is 0 Å². The first-order valence-corrected chi connectivity index (χ1v) is 8.12. The van der Waals surface area contributed by atoms with Crippen LogP contribution in [0.3, 0.4) is 0 Å². The van der Waals surface area contributed by atoms with Crippen molar-refractivity contribution >= 4 is 17.2 Å². The molecule has 9 heteroatoms. The van der Waals surface area contributed by atoms with E-state index in [-0.39, 0.29) is 13.0 Å². The summed E-state index contributed by atoms with van der Waals surface area (Å²) in [5.41, 5.74) is -2.40. The number of aliphatic hydroxyl groups is 1. The Hall–Kier alpha value is -1.84. The van der Waals surface area contributed by atoms with E-state index < -0.39 is 23.3 Å². The number of hydrogen-bond acceptors (Lipinski definition) is 5. The summed E-state index contributed by atoms with van der Waals surface area (Å²) in [6, 6.07) is 5.57. The lowest BCUT2D eigenvalue weighted by Gasteiger charge is -2.40. The number of nitrogens with zero attached hydrogens (tertiary/aromatic N) is 2. The number of alkyl halides is 2. The average molecular weight is 359 g/mol. The van der Waals surface area contributed by atoms with Crippen molar-refractivity contribution in [3.8, 4) is 10.6 Å². The van der Waals surface area contributed by atoms with E-state index in [0.29, 0.717) is 0 Å². The van der Waals surface area contributed by atoms with Crippen LogP contribution >= 0.6 is 11.3 Å². The quantitative estimate of drug-likeness (QED) is 0.524. The second kappa shape index (κ2) is 6.96. The number of aromatic nitrogens is 2. The molecule has 0 aliphatic heterocycles. The number of hydroxylamine groups is 1. The molecule has 2 rings (SSSR count). The predicted molar refractivity (Wildman–Crippen MR) is 84.8 cm³/mol. The van der Waals surface area contributed by atoms with Gasteiger partial charge in [-0.05, 0) is 37.8 Å². The van der Waals surface area contributed by atoms with E-state index in [9.17, 15) is 18.7 Å². The van der Waals surface area contributed by atoms with Gasteiger partial charge < -0.3 is 5.11 Å². The summed E-state index contributed by atoms with van der Waals surface area (Å²) in [6.07, 6.45) is -1.62. The van der Waals surface area contributed by atoms with Gasteiger partial charge in [0.2, 0.25) is 0 Å². The van der Waals surface area contributed by atoms with Crippen LogP contribution in [0.25, 0.3) is 10.6 Å². The summed E-state index contributed by atoms with van der Waals surface area (Å²) in [5, 5.41) is 25.2. The molecule has 24 heavy (non-hydrogen) atoms. The average Bonchev–Trinajstić information content (AvgIpc) is 3.22. The zero-order valence-corrected chi connectivity index (χ0v) is 14.1. The minimum Gasteiger partial charge on any atom is -0.383 e. The monoisotopic (exact) mass is 359 g/mol. The van der Waals surface area contributed by atoms with Crippen LogP contribution in [-0.4, -0.2) is 38.0 Å². The molecular weight excluding hydrogens is 340 g/mol. The number of aryl methyl sites for hydroxylation is 1. The van der Waals surface area contributed by atoms with Crippen molar-refractivity contribution in [2.24, 2.45) is 5.41 Å². The molecule has 0 saturated carbocycles. The molecule has 2 atom stereocenters. The third-order valence-corrected chi connectivity index (χ3v) is 5.29. The smallest absolute Gasteiger partial charge is 0.267 e. The molecule has 132 valence electrons. The van der Waals surface area contributed by atoms with Gasteiger partial charge in [0, 0.05) is 12.7 Å². The number of carbonyl (C=O) groups excluding carboxylic acids is 1. The molecule has 0 aliphatic rings. The molecule has 0 saturated heterocycles. The lowest BCUT2D eigenvalue weighted by Crippen LogP contribution is -2.57. The van der Waals surface area contributed by atoms with E-state index in [4.69, 9.17) is 5.21 Å². The summed E-state index contributed by atoms with van der Waals surface area (Å²) in [4.78, 5) is 12.9. The molecule has 0 aromatic carbocycles. The van der Waals surface area contributed by atoms with Crippen molar-refractivity contribution in [1.29, 1.82) is 0 Å². The van der Waals surface area contributed by atoms with Crippen LogP contribution in [0.15, 0.2) is 29.8 Å². The van der Waals surface area contributed by atoms with Gasteiger partial charge in [0.15, 0.2) is 0 Å². The van der Waals surface area contributed by atoms with Crippen LogP contribution in [0.2, 0.25) is 0 Å². The highest BCUT2D eigenvalue weighted by atomic mass is 32.1. The van der Waals surface area contributed by atoms with Crippen LogP contribution in [-0.2, 0) is 11.3 Å². The van der Waals surface area contributed by atoms with E-state index in [0.717, 1.165) is 17.5 Å². The Kier molecular flexibility index (Phi) is 5.36. The Labute approximate surface area is 141 Å². The van der Waals surface area contributed by atoms with Crippen molar-refractivity contribution in [3.63, 3.8) is 0 Å². The fraction of sp³-hybridized carbons (Fsp3) is 0.467. The molecule has 0 aliphatic carbocycles. The van der Waals surface area contributed by atoms with E-state index in [1.807, 2.05) is 17.5 Å². The van der Waals surface area contributed by atoms with E-state index >= 15 is 0 Å². The zero-order valence-electron chi connectivity index (χ0n) is 13.2. The van der Waals surface area contributed by atoms with Gasteiger partial charge in [-0.1, -0.05) is 6.07 Å². The number of carbonyl (C=O) groups is 1. The first kappa shape index (κ1) is 18.5. The van der Waals surface area contributed by atoms with Gasteiger partial charge in [-0.2, -0.15) is 5.10 Å². The van der Waals surface area contributed by atoms with Gasteiger partial charge in [-0.3, -0.25) is 14.7 Å². The van der Waals surface area contributed by atoms with Crippen LogP contribution in [0, 0.1) is 5.41 Å². The highest BCUT2D eigenvalue weighted by molar-refractivity contribution is 7.13. The molecule has 2 aromatic heterocycles. The summed E-state index contributed by atoms with van der Waals surface area (Å²) in [6.45, 7) is 2.19. The SMILES string of the molecule is CC(CCn1ccc(-c2cccs2)n1)(C(=O)NO)C(C)(O)C(F)F. The lowest BCUT2D eigenvalue weighted by molar-refractivity contribution is -0.183. The predicted octanol–water partition coefficient (Wildman–Crippen LogP) is 2.53. The summed E-state index contributed by atoms with van der Waals surface area (Å²) < 4.78 is 27.9. The van der Waals surface area contributed by atoms with Crippen molar-refractivity contribution in [2.45, 2.75) is 38.8 Å². The minimum absolute atomic E-state index is 0.123. The van der Waals surface area contributed by atoms with Crippen molar-refractivity contribution in [3.05, 3.63) is 29.8 Å². The van der Waals surface area contributed by atoms with E-state index in [2.05, 4.69) is 5.10 Å². The van der Waals surface area contributed by atoms with Crippen LogP contribution < -0.4 is 5.48 Å². The lowest BCUT2D eigenvalue weighted by atomic mass is 9.71. The second-order valence-electron chi connectivity index (χ2n) is 5.91. The van der Waals surface area contributed by atoms with Crippen LogP contribution in [0.5, 0.6) is 0 Å². The van der Waals surface area contributed by atoms with Crippen molar-refractivity contribution in [1.82, 2.24) is 15.3 Å². The van der Waals surface area contributed by atoms with Gasteiger partial charge in [0.25, 0.3) is 12.3 Å². The Bertz CT molecular complexity index is 688. The molecule has 0 fully saturated rings. The molecule has 2 aromatic rings. The minimum atomic E-state index is -3.15. The molecule has 2 unspecified atom stereocenters. The highest BCUT2D eigenvalue weighted by Gasteiger charge is 2.54. The Morgan fingerprint density at radius 2 is 2.17 bits per heavy atom. The Morgan fingerprint density at radius 1 is 1.46 bits per heavy atom. The maximum atomic E-state index is 13.2.